The molecule has 102 valence electrons. The number of nitrogens with zero attached hydrogens (tertiary/aromatic N) is 4. The maximum absolute atomic E-state index is 5.51. The van der Waals surface area contributed by atoms with Crippen LogP contribution in [0.3, 0.4) is 0 Å². The van der Waals surface area contributed by atoms with Gasteiger partial charge in [0.25, 0.3) is 0 Å². The highest BCUT2D eigenvalue weighted by molar-refractivity contribution is 5.08. The van der Waals surface area contributed by atoms with E-state index in [0.29, 0.717) is 6.54 Å². The summed E-state index contributed by atoms with van der Waals surface area (Å²) in [5, 5.41) is 0. The van der Waals surface area contributed by atoms with E-state index in [1.165, 1.54) is 0 Å². The monoisotopic (exact) mass is 260 g/mol. The Labute approximate surface area is 113 Å². The first-order chi connectivity index (χ1) is 8.95. The van der Waals surface area contributed by atoms with Gasteiger partial charge in [0.05, 0.1) is 17.9 Å². The van der Waals surface area contributed by atoms with Crippen LogP contribution < -0.4 is 0 Å². The molecule has 0 saturated heterocycles. The molecule has 2 rings (SSSR count). The highest BCUT2D eigenvalue weighted by Crippen LogP contribution is 2.21. The molecule has 0 unspecified atom stereocenters. The number of aromatic nitrogens is 3. The molecule has 0 spiro atoms. The summed E-state index contributed by atoms with van der Waals surface area (Å²) in [6, 6.07) is 0. The van der Waals surface area contributed by atoms with Crippen LogP contribution in [0.1, 0.15) is 38.0 Å². The minimum Gasteiger partial charge on any atom is -0.447 e. The van der Waals surface area contributed by atoms with Crippen LogP contribution in [0.25, 0.3) is 0 Å². The summed E-state index contributed by atoms with van der Waals surface area (Å²) in [6.07, 6.45) is 6.89. The molecule has 2 heterocycles. The molecule has 0 aliphatic rings. The molecule has 0 aliphatic heterocycles. The summed E-state index contributed by atoms with van der Waals surface area (Å²) in [5.41, 5.74) is 1.94. The second kappa shape index (κ2) is 5.48. The summed E-state index contributed by atoms with van der Waals surface area (Å²) >= 11 is 0. The first-order valence-electron chi connectivity index (χ1n) is 6.33. The molecule has 2 aromatic heterocycles. The molecule has 0 aliphatic carbocycles. The quantitative estimate of drug-likeness (QED) is 0.845. The van der Waals surface area contributed by atoms with Crippen LogP contribution in [0, 0.1) is 0 Å². The second-order valence-corrected chi connectivity index (χ2v) is 5.75. The molecule has 0 radical (unpaired) electrons. The molecule has 0 aromatic carbocycles. The molecule has 0 N–H and O–H groups in total. The van der Waals surface area contributed by atoms with Crippen LogP contribution in [-0.4, -0.2) is 26.9 Å². The fourth-order valence-electron chi connectivity index (χ4n) is 1.70. The molecular formula is C14H20N4O. The van der Waals surface area contributed by atoms with Gasteiger partial charge in [-0.05, 0) is 7.05 Å². The van der Waals surface area contributed by atoms with Gasteiger partial charge in [-0.25, -0.2) is 4.98 Å². The first-order valence-corrected chi connectivity index (χ1v) is 6.33. The Hall–Kier alpha value is -1.75. The van der Waals surface area contributed by atoms with Crippen LogP contribution in [-0.2, 0) is 18.5 Å². The lowest BCUT2D eigenvalue weighted by molar-refractivity contribution is 0.278. The van der Waals surface area contributed by atoms with Crippen molar-refractivity contribution >= 4 is 0 Å². The topological polar surface area (TPSA) is 55.1 Å². The van der Waals surface area contributed by atoms with E-state index in [1.54, 1.807) is 24.9 Å². The van der Waals surface area contributed by atoms with Gasteiger partial charge in [-0.15, -0.1) is 0 Å². The first kappa shape index (κ1) is 13.7. The van der Waals surface area contributed by atoms with Crippen molar-refractivity contribution in [1.29, 1.82) is 0 Å². The van der Waals surface area contributed by atoms with Crippen molar-refractivity contribution < 1.29 is 4.42 Å². The zero-order valence-electron chi connectivity index (χ0n) is 11.9. The minimum absolute atomic E-state index is 0.0191. The van der Waals surface area contributed by atoms with Gasteiger partial charge in [0.2, 0.25) is 5.89 Å². The average Bonchev–Trinajstić information content (AvgIpc) is 2.78. The lowest BCUT2D eigenvalue weighted by Gasteiger charge is -2.14. The maximum atomic E-state index is 5.51. The summed E-state index contributed by atoms with van der Waals surface area (Å²) in [6.45, 7) is 7.75. The van der Waals surface area contributed by atoms with Crippen molar-refractivity contribution in [1.82, 2.24) is 19.9 Å². The third-order valence-corrected chi connectivity index (χ3v) is 2.77. The van der Waals surface area contributed by atoms with E-state index in [9.17, 15) is 0 Å². The van der Waals surface area contributed by atoms with Crippen molar-refractivity contribution in [3.05, 3.63) is 42.1 Å². The Morgan fingerprint density at radius 2 is 2.00 bits per heavy atom. The number of oxazole rings is 1. The van der Waals surface area contributed by atoms with E-state index in [4.69, 9.17) is 4.42 Å². The van der Waals surface area contributed by atoms with Gasteiger partial charge < -0.3 is 4.42 Å². The van der Waals surface area contributed by atoms with E-state index < -0.39 is 0 Å². The van der Waals surface area contributed by atoms with Gasteiger partial charge in [0.1, 0.15) is 6.26 Å². The maximum Gasteiger partial charge on any atom is 0.208 e. The third kappa shape index (κ3) is 3.86. The van der Waals surface area contributed by atoms with E-state index in [0.717, 1.165) is 23.8 Å². The summed E-state index contributed by atoms with van der Waals surface area (Å²) in [7, 11) is 2.01. The van der Waals surface area contributed by atoms with Crippen molar-refractivity contribution in [2.45, 2.75) is 39.3 Å². The zero-order valence-corrected chi connectivity index (χ0v) is 11.9. The molecule has 5 heteroatoms. The Bertz CT molecular complexity index is 516. The highest BCUT2D eigenvalue weighted by Gasteiger charge is 2.19. The van der Waals surface area contributed by atoms with Crippen LogP contribution in [0.2, 0.25) is 0 Å². The third-order valence-electron chi connectivity index (χ3n) is 2.77. The van der Waals surface area contributed by atoms with E-state index in [2.05, 4.69) is 40.6 Å². The van der Waals surface area contributed by atoms with E-state index >= 15 is 0 Å². The number of hydrogen-bond acceptors (Lipinski definition) is 5. The molecule has 2 aromatic rings. The van der Waals surface area contributed by atoms with E-state index in [-0.39, 0.29) is 5.41 Å². The summed E-state index contributed by atoms with van der Waals surface area (Å²) in [4.78, 5) is 14.9. The predicted octanol–water partition coefficient (Wildman–Crippen LogP) is 2.39. The summed E-state index contributed by atoms with van der Waals surface area (Å²) in [5.74, 6) is 0.733. The Morgan fingerprint density at radius 1 is 1.21 bits per heavy atom. The predicted molar refractivity (Wildman–Crippen MR) is 72.4 cm³/mol. The van der Waals surface area contributed by atoms with Crippen molar-refractivity contribution in [3.8, 4) is 0 Å². The Kier molecular flexibility index (Phi) is 3.95. The van der Waals surface area contributed by atoms with Crippen LogP contribution in [0.15, 0.2) is 29.3 Å². The minimum atomic E-state index is 0.0191. The Balaban J connectivity index is 1.96. The summed E-state index contributed by atoms with van der Waals surface area (Å²) < 4.78 is 5.51. The van der Waals surface area contributed by atoms with Crippen LogP contribution in [0.4, 0.5) is 0 Å². The van der Waals surface area contributed by atoms with Gasteiger partial charge in [-0.1, -0.05) is 20.8 Å². The highest BCUT2D eigenvalue weighted by atomic mass is 16.3. The molecular weight excluding hydrogens is 240 g/mol. The van der Waals surface area contributed by atoms with E-state index in [1.807, 2.05) is 7.05 Å². The fourth-order valence-corrected chi connectivity index (χ4v) is 1.70. The standard InChI is InChI=1S/C14H20N4O/c1-14(2,3)12-10-19-13(17-12)9-18(4)8-11-7-15-5-6-16-11/h5-7,10H,8-9H2,1-4H3. The molecule has 5 nitrogen and oxygen atoms in total. The van der Waals surface area contributed by atoms with Gasteiger partial charge in [-0.3, -0.25) is 14.9 Å². The number of hydrogen-bond donors (Lipinski definition) is 0. The molecule has 0 amide bonds. The van der Waals surface area contributed by atoms with Crippen LogP contribution >= 0.6 is 0 Å². The largest absolute Gasteiger partial charge is 0.447 e. The molecule has 0 bridgehead atoms. The van der Waals surface area contributed by atoms with Gasteiger partial charge in [0, 0.05) is 30.6 Å². The lowest BCUT2D eigenvalue weighted by atomic mass is 9.93. The smallest absolute Gasteiger partial charge is 0.208 e. The SMILES string of the molecule is CN(Cc1cnccn1)Cc1nc(C(C)(C)C)co1. The molecule has 19 heavy (non-hydrogen) atoms. The zero-order chi connectivity index (χ0) is 13.9. The Morgan fingerprint density at radius 3 is 2.58 bits per heavy atom. The molecule has 0 fully saturated rings. The second-order valence-electron chi connectivity index (χ2n) is 5.75. The average molecular weight is 260 g/mol. The lowest BCUT2D eigenvalue weighted by Crippen LogP contribution is -2.19. The van der Waals surface area contributed by atoms with Crippen molar-refractivity contribution in [3.63, 3.8) is 0 Å². The van der Waals surface area contributed by atoms with Gasteiger partial charge in [0.15, 0.2) is 0 Å². The molecule has 0 saturated carbocycles. The molecule has 0 atom stereocenters. The van der Waals surface area contributed by atoms with Crippen LogP contribution in [0.5, 0.6) is 0 Å². The van der Waals surface area contributed by atoms with Crippen molar-refractivity contribution in [2.24, 2.45) is 0 Å². The van der Waals surface area contributed by atoms with Gasteiger partial charge >= 0.3 is 0 Å². The van der Waals surface area contributed by atoms with Crippen molar-refractivity contribution in [2.75, 3.05) is 7.05 Å². The fraction of sp³-hybridized carbons (Fsp3) is 0.500. The van der Waals surface area contributed by atoms with Gasteiger partial charge in [-0.2, -0.15) is 0 Å². The number of rotatable bonds is 4. The normalized spacial score (nSPS) is 12.1.